The summed E-state index contributed by atoms with van der Waals surface area (Å²) in [6.07, 6.45) is 3.38. The summed E-state index contributed by atoms with van der Waals surface area (Å²) in [5.74, 6) is -1.51. The van der Waals surface area contributed by atoms with Crippen LogP contribution in [0.2, 0.25) is 0 Å². The average molecular weight is 280 g/mol. The molecule has 0 unspecified atom stereocenters. The monoisotopic (exact) mass is 280 g/mol. The number of carbonyl (C=O) groups excluding carboxylic acids is 2. The van der Waals surface area contributed by atoms with Gasteiger partial charge in [-0.15, -0.1) is 0 Å². The molecule has 0 N–H and O–H groups in total. The number of hydrogen-bond donors (Lipinski definition) is 0. The van der Waals surface area contributed by atoms with Crippen LogP contribution >= 0.6 is 0 Å². The molecule has 3 heterocycles. The topological polar surface area (TPSA) is 70.4 Å². The molecule has 5 nitrogen and oxygen atoms in total. The van der Waals surface area contributed by atoms with E-state index in [2.05, 4.69) is 0 Å². The minimum atomic E-state index is -0.710. The molecule has 4 rings (SSSR count). The van der Waals surface area contributed by atoms with Crippen LogP contribution in [0.1, 0.15) is 12.5 Å². The molecular weight excluding hydrogens is 268 g/mol. The second-order valence-corrected chi connectivity index (χ2v) is 5.77. The molecule has 104 valence electrons. The lowest BCUT2D eigenvalue weighted by atomic mass is 9.78. The van der Waals surface area contributed by atoms with Gasteiger partial charge in [0, 0.05) is 0 Å². The van der Waals surface area contributed by atoms with E-state index in [1.54, 1.807) is 24.3 Å². The van der Waals surface area contributed by atoms with E-state index in [0.717, 1.165) is 4.90 Å². The quantitative estimate of drug-likeness (QED) is 0.576. The van der Waals surface area contributed by atoms with Gasteiger partial charge in [0.2, 0.25) is 11.8 Å². The molecular formula is C16H12N2O3. The van der Waals surface area contributed by atoms with E-state index in [9.17, 15) is 14.9 Å². The fourth-order valence-corrected chi connectivity index (χ4v) is 3.65. The highest BCUT2D eigenvalue weighted by Crippen LogP contribution is 2.52. The van der Waals surface area contributed by atoms with Crippen molar-refractivity contribution in [3.8, 4) is 6.07 Å². The summed E-state index contributed by atoms with van der Waals surface area (Å²) in [6, 6.07) is 8.70. The summed E-state index contributed by atoms with van der Waals surface area (Å²) >= 11 is 0. The standard InChI is InChI=1S/C16H12N2O3/c1-16-7-6-11(21-16)12-13(16)15(20)18(14(12)19)10-5-3-2-4-9(10)8-17/h2-7,11-13H,1H3/t11-,12+,13+,16-/m0/s1. The normalized spacial score (nSPS) is 36.2. The molecule has 0 radical (unpaired) electrons. The van der Waals surface area contributed by atoms with E-state index in [-0.39, 0.29) is 17.9 Å². The number of hydrogen-bond acceptors (Lipinski definition) is 4. The van der Waals surface area contributed by atoms with E-state index >= 15 is 0 Å². The van der Waals surface area contributed by atoms with Crippen LogP contribution in [0.3, 0.4) is 0 Å². The number of para-hydroxylation sites is 1. The Labute approximate surface area is 121 Å². The second kappa shape index (κ2) is 3.80. The summed E-state index contributed by atoms with van der Waals surface area (Å²) in [4.78, 5) is 26.6. The minimum absolute atomic E-state index is 0.272. The zero-order valence-corrected chi connectivity index (χ0v) is 11.3. The third kappa shape index (κ3) is 1.38. The number of nitriles is 1. The molecule has 2 amide bonds. The van der Waals surface area contributed by atoms with E-state index in [1.165, 1.54) is 0 Å². The van der Waals surface area contributed by atoms with Gasteiger partial charge >= 0.3 is 0 Å². The van der Waals surface area contributed by atoms with Crippen LogP contribution in [0.4, 0.5) is 5.69 Å². The van der Waals surface area contributed by atoms with Gasteiger partial charge in [0.1, 0.15) is 6.07 Å². The van der Waals surface area contributed by atoms with Gasteiger partial charge < -0.3 is 4.74 Å². The van der Waals surface area contributed by atoms with Crippen molar-refractivity contribution in [1.82, 2.24) is 0 Å². The molecule has 2 fully saturated rings. The number of benzene rings is 1. The highest BCUT2D eigenvalue weighted by molar-refractivity contribution is 6.23. The Morgan fingerprint density at radius 1 is 1.29 bits per heavy atom. The number of nitrogens with zero attached hydrogens (tertiary/aromatic N) is 2. The fourth-order valence-electron chi connectivity index (χ4n) is 3.65. The lowest BCUT2D eigenvalue weighted by Crippen LogP contribution is -2.38. The fraction of sp³-hybridized carbons (Fsp3) is 0.312. The Morgan fingerprint density at radius 3 is 2.76 bits per heavy atom. The number of rotatable bonds is 1. The van der Waals surface area contributed by atoms with Gasteiger partial charge in [-0.05, 0) is 19.1 Å². The lowest BCUT2D eigenvalue weighted by Gasteiger charge is -2.24. The molecule has 0 aliphatic carbocycles. The first-order chi connectivity index (χ1) is 10.1. The van der Waals surface area contributed by atoms with Crippen LogP contribution in [0.25, 0.3) is 0 Å². The second-order valence-electron chi connectivity index (χ2n) is 5.77. The first-order valence-corrected chi connectivity index (χ1v) is 6.81. The van der Waals surface area contributed by atoms with Crippen molar-refractivity contribution in [3.63, 3.8) is 0 Å². The predicted molar refractivity (Wildman–Crippen MR) is 73.0 cm³/mol. The van der Waals surface area contributed by atoms with Gasteiger partial charge in [-0.3, -0.25) is 9.59 Å². The first-order valence-electron chi connectivity index (χ1n) is 6.81. The van der Waals surface area contributed by atoms with Gasteiger partial charge in [-0.1, -0.05) is 24.3 Å². The molecule has 2 saturated heterocycles. The average Bonchev–Trinajstić information content (AvgIpc) is 3.08. The van der Waals surface area contributed by atoms with Crippen molar-refractivity contribution in [2.45, 2.75) is 18.6 Å². The largest absolute Gasteiger partial charge is 0.362 e. The smallest absolute Gasteiger partial charge is 0.241 e. The summed E-state index contributed by atoms with van der Waals surface area (Å²) in [7, 11) is 0. The van der Waals surface area contributed by atoms with Gasteiger partial charge in [0.15, 0.2) is 0 Å². The van der Waals surface area contributed by atoms with Crippen LogP contribution in [0.15, 0.2) is 36.4 Å². The Bertz CT molecular complexity index is 748. The molecule has 21 heavy (non-hydrogen) atoms. The predicted octanol–water partition coefficient (Wildman–Crippen LogP) is 1.39. The molecule has 5 heteroatoms. The van der Waals surface area contributed by atoms with Gasteiger partial charge in [0.25, 0.3) is 0 Å². The zero-order valence-electron chi connectivity index (χ0n) is 11.3. The van der Waals surface area contributed by atoms with Crippen molar-refractivity contribution in [2.24, 2.45) is 11.8 Å². The van der Waals surface area contributed by atoms with Crippen molar-refractivity contribution in [3.05, 3.63) is 42.0 Å². The van der Waals surface area contributed by atoms with Crippen LogP contribution in [0, 0.1) is 23.2 Å². The molecule has 1 aromatic rings. The van der Waals surface area contributed by atoms with Gasteiger partial charge in [-0.25, -0.2) is 4.90 Å². The number of carbonyl (C=O) groups is 2. The maximum atomic E-state index is 12.7. The third-order valence-electron chi connectivity index (χ3n) is 4.59. The van der Waals surface area contributed by atoms with Crippen LogP contribution < -0.4 is 4.90 Å². The molecule has 0 aromatic heterocycles. The van der Waals surface area contributed by atoms with Crippen molar-refractivity contribution >= 4 is 17.5 Å². The number of fused-ring (bicyclic) bond motifs is 5. The summed E-state index contributed by atoms with van der Waals surface area (Å²) in [6.45, 7) is 1.83. The maximum Gasteiger partial charge on any atom is 0.241 e. The minimum Gasteiger partial charge on any atom is -0.362 e. The van der Waals surface area contributed by atoms with Crippen molar-refractivity contribution < 1.29 is 14.3 Å². The third-order valence-corrected chi connectivity index (χ3v) is 4.59. The molecule has 2 bridgehead atoms. The summed E-state index contributed by atoms with van der Waals surface area (Å²) in [5.41, 5.74) is -0.0174. The molecule has 1 aromatic carbocycles. The first kappa shape index (κ1) is 12.3. The summed E-state index contributed by atoms with van der Waals surface area (Å²) < 4.78 is 5.76. The van der Waals surface area contributed by atoms with E-state index in [1.807, 2.05) is 25.1 Å². The maximum absolute atomic E-state index is 12.7. The van der Waals surface area contributed by atoms with Crippen LogP contribution in [-0.2, 0) is 14.3 Å². The van der Waals surface area contributed by atoms with Gasteiger partial charge in [0.05, 0.1) is 34.8 Å². The molecule has 3 aliphatic rings. The number of imide groups is 1. The lowest BCUT2D eigenvalue weighted by molar-refractivity contribution is -0.126. The zero-order chi connectivity index (χ0) is 14.8. The number of anilines is 1. The Balaban J connectivity index is 1.83. The Hall–Kier alpha value is -2.45. The van der Waals surface area contributed by atoms with Crippen LogP contribution in [-0.4, -0.2) is 23.5 Å². The Morgan fingerprint density at radius 2 is 2.05 bits per heavy atom. The van der Waals surface area contributed by atoms with Crippen molar-refractivity contribution in [2.75, 3.05) is 4.90 Å². The van der Waals surface area contributed by atoms with E-state index in [4.69, 9.17) is 4.74 Å². The van der Waals surface area contributed by atoms with Crippen LogP contribution in [0.5, 0.6) is 0 Å². The van der Waals surface area contributed by atoms with E-state index in [0.29, 0.717) is 11.3 Å². The Kier molecular flexibility index (Phi) is 2.23. The molecule has 0 spiro atoms. The van der Waals surface area contributed by atoms with Gasteiger partial charge in [-0.2, -0.15) is 5.26 Å². The summed E-state index contributed by atoms with van der Waals surface area (Å²) in [5, 5.41) is 9.18. The SMILES string of the molecule is C[C@@]12C=C[C@H](O1)[C@H]1C(=O)N(c3ccccc3C#N)C(=O)[C@@H]12. The molecule has 3 aliphatic heterocycles. The number of amides is 2. The highest BCUT2D eigenvalue weighted by atomic mass is 16.5. The van der Waals surface area contributed by atoms with Crippen molar-refractivity contribution in [1.29, 1.82) is 5.26 Å². The number of ether oxygens (including phenoxy) is 1. The highest BCUT2D eigenvalue weighted by Gasteiger charge is 2.66. The molecule has 0 saturated carbocycles. The van der Waals surface area contributed by atoms with E-state index < -0.39 is 17.4 Å². The molecule has 4 atom stereocenters.